The monoisotopic (exact) mass is 329 g/mol. The number of rotatable bonds is 4. The van der Waals surface area contributed by atoms with Crippen molar-refractivity contribution in [3.8, 4) is 0 Å². The molecule has 7 heteroatoms. The van der Waals surface area contributed by atoms with Crippen molar-refractivity contribution in [2.45, 2.75) is 13.8 Å². The molecule has 6 nitrogen and oxygen atoms in total. The first-order valence-corrected chi connectivity index (χ1v) is 7.21. The van der Waals surface area contributed by atoms with Crippen LogP contribution in [0.25, 0.3) is 0 Å². The Morgan fingerprint density at radius 1 is 1.13 bits per heavy atom. The van der Waals surface area contributed by atoms with E-state index in [0.717, 1.165) is 5.56 Å². The molecule has 2 aromatic rings. The molecule has 0 radical (unpaired) electrons. The number of benzene rings is 2. The maximum atomic E-state index is 11.2. The highest BCUT2D eigenvalue weighted by Crippen LogP contribution is 2.25. The summed E-state index contributed by atoms with van der Waals surface area (Å²) in [6, 6.07) is 11.7. The van der Waals surface area contributed by atoms with Crippen LogP contribution in [0.15, 0.2) is 42.5 Å². The van der Waals surface area contributed by atoms with Gasteiger partial charge in [-0.2, -0.15) is 0 Å². The number of nitrogens with one attached hydrogen (secondary N) is 2. The highest BCUT2D eigenvalue weighted by atomic mass is 32.1. The third-order valence-electron chi connectivity index (χ3n) is 3.15. The van der Waals surface area contributed by atoms with Crippen molar-refractivity contribution in [2.75, 3.05) is 10.6 Å². The fraction of sp³-hybridized carbons (Fsp3) is 0.125. The summed E-state index contributed by atoms with van der Waals surface area (Å²) >= 11 is 5.17. The molecular formula is C16H15N3O3S. The molecule has 0 aliphatic carbocycles. The molecule has 0 saturated heterocycles. The van der Waals surface area contributed by atoms with Crippen LogP contribution in [0.1, 0.15) is 22.8 Å². The van der Waals surface area contributed by atoms with Crippen LogP contribution >= 0.6 is 12.2 Å². The number of aryl methyl sites for hydroxylation is 1. The van der Waals surface area contributed by atoms with Crippen LogP contribution in [0.2, 0.25) is 0 Å². The van der Waals surface area contributed by atoms with Crippen LogP contribution in [-0.4, -0.2) is 15.8 Å². The zero-order valence-corrected chi connectivity index (χ0v) is 13.4. The number of nitro groups is 1. The minimum Gasteiger partial charge on any atom is -0.332 e. The number of thiocarbonyl (C=S) groups is 1. The first-order valence-electron chi connectivity index (χ1n) is 6.81. The van der Waals surface area contributed by atoms with E-state index in [9.17, 15) is 14.9 Å². The predicted molar refractivity (Wildman–Crippen MR) is 94.1 cm³/mol. The molecule has 2 rings (SSSR count). The van der Waals surface area contributed by atoms with Crippen molar-refractivity contribution in [3.63, 3.8) is 0 Å². The molecule has 118 valence electrons. The lowest BCUT2D eigenvalue weighted by molar-refractivity contribution is -0.383. The number of hydrogen-bond acceptors (Lipinski definition) is 4. The summed E-state index contributed by atoms with van der Waals surface area (Å²) in [7, 11) is 0. The van der Waals surface area contributed by atoms with Gasteiger partial charge >= 0.3 is 0 Å². The number of Topliss-reactive ketones (excluding diaryl/α,β-unsaturated/α-hetero) is 1. The Hall–Kier alpha value is -2.80. The predicted octanol–water partition coefficient (Wildman–Crippen LogP) is 3.91. The van der Waals surface area contributed by atoms with Crippen molar-refractivity contribution < 1.29 is 9.72 Å². The van der Waals surface area contributed by atoms with Crippen LogP contribution in [0.4, 0.5) is 17.1 Å². The third kappa shape index (κ3) is 4.33. The summed E-state index contributed by atoms with van der Waals surface area (Å²) in [5, 5.41) is 17.1. The van der Waals surface area contributed by atoms with Crippen molar-refractivity contribution in [1.82, 2.24) is 0 Å². The summed E-state index contributed by atoms with van der Waals surface area (Å²) in [6.45, 7) is 3.27. The number of carbonyl (C=O) groups excluding carboxylic acids is 1. The minimum absolute atomic E-state index is 0.0208. The molecule has 23 heavy (non-hydrogen) atoms. The lowest BCUT2D eigenvalue weighted by Gasteiger charge is -2.11. The number of nitrogens with zero attached hydrogens (tertiary/aromatic N) is 1. The first-order chi connectivity index (χ1) is 10.9. The third-order valence-corrected chi connectivity index (χ3v) is 3.35. The quantitative estimate of drug-likeness (QED) is 0.383. The first kappa shape index (κ1) is 16.6. The fourth-order valence-corrected chi connectivity index (χ4v) is 2.20. The Morgan fingerprint density at radius 3 is 2.35 bits per heavy atom. The van der Waals surface area contributed by atoms with Crippen molar-refractivity contribution in [2.24, 2.45) is 0 Å². The van der Waals surface area contributed by atoms with E-state index in [1.807, 2.05) is 0 Å². The van der Waals surface area contributed by atoms with E-state index in [-0.39, 0.29) is 16.6 Å². The van der Waals surface area contributed by atoms with Crippen molar-refractivity contribution >= 4 is 40.2 Å². The lowest BCUT2D eigenvalue weighted by Crippen LogP contribution is -2.19. The van der Waals surface area contributed by atoms with Gasteiger partial charge in [0.15, 0.2) is 10.9 Å². The maximum absolute atomic E-state index is 11.2. The largest absolute Gasteiger partial charge is 0.332 e. The Bertz CT molecular complexity index is 773. The van der Waals surface area contributed by atoms with E-state index in [1.165, 1.54) is 13.0 Å². The van der Waals surface area contributed by atoms with Gasteiger partial charge in [-0.15, -0.1) is 0 Å². The molecule has 0 bridgehead atoms. The molecule has 0 amide bonds. The molecular weight excluding hydrogens is 314 g/mol. The number of ketones is 1. The normalized spacial score (nSPS) is 10.0. The summed E-state index contributed by atoms with van der Waals surface area (Å²) in [4.78, 5) is 21.9. The molecule has 2 aromatic carbocycles. The summed E-state index contributed by atoms with van der Waals surface area (Å²) in [6.07, 6.45) is 0. The number of anilines is 2. The molecule has 0 fully saturated rings. The topological polar surface area (TPSA) is 84.3 Å². The van der Waals surface area contributed by atoms with Gasteiger partial charge in [0.2, 0.25) is 0 Å². The van der Waals surface area contributed by atoms with E-state index in [2.05, 4.69) is 10.6 Å². The molecule has 0 aliphatic heterocycles. The summed E-state index contributed by atoms with van der Waals surface area (Å²) < 4.78 is 0. The van der Waals surface area contributed by atoms with E-state index < -0.39 is 4.92 Å². The van der Waals surface area contributed by atoms with Gasteiger partial charge in [-0.05, 0) is 62.0 Å². The molecule has 0 saturated carbocycles. The van der Waals surface area contributed by atoms with Gasteiger partial charge in [-0.25, -0.2) is 0 Å². The lowest BCUT2D eigenvalue weighted by atomic mass is 10.1. The molecule has 0 aromatic heterocycles. The van der Waals surface area contributed by atoms with Crippen molar-refractivity contribution in [1.29, 1.82) is 0 Å². The number of nitro benzene ring substituents is 1. The van der Waals surface area contributed by atoms with Crippen molar-refractivity contribution in [3.05, 3.63) is 63.7 Å². The Balaban J connectivity index is 2.11. The highest BCUT2D eigenvalue weighted by Gasteiger charge is 2.14. The van der Waals surface area contributed by atoms with Gasteiger partial charge in [0.1, 0.15) is 5.69 Å². The van der Waals surface area contributed by atoms with Crippen LogP contribution in [-0.2, 0) is 0 Å². The Kier molecular flexibility index (Phi) is 5.02. The smallest absolute Gasteiger partial charge is 0.292 e. The molecule has 0 aliphatic rings. The minimum atomic E-state index is -0.459. The molecule has 0 atom stereocenters. The van der Waals surface area contributed by atoms with Crippen LogP contribution in [0.5, 0.6) is 0 Å². The van der Waals surface area contributed by atoms with Gasteiger partial charge in [0, 0.05) is 17.3 Å². The number of hydrogen-bond donors (Lipinski definition) is 2. The summed E-state index contributed by atoms with van der Waals surface area (Å²) in [5.41, 5.74) is 2.35. The second kappa shape index (κ2) is 6.97. The van der Waals surface area contributed by atoms with Gasteiger partial charge < -0.3 is 10.6 Å². The second-order valence-electron chi connectivity index (χ2n) is 4.99. The molecule has 2 N–H and O–H groups in total. The van der Waals surface area contributed by atoms with E-state index in [0.29, 0.717) is 16.9 Å². The average Bonchev–Trinajstić information content (AvgIpc) is 2.49. The van der Waals surface area contributed by atoms with E-state index in [4.69, 9.17) is 12.2 Å². The van der Waals surface area contributed by atoms with Gasteiger partial charge in [-0.3, -0.25) is 14.9 Å². The standard InChI is InChI=1S/C16H15N3O3S/c1-10-3-8-14(15(9-10)19(21)22)18-16(23)17-13-6-4-12(5-7-13)11(2)20/h3-9H,1-2H3,(H2,17,18,23). The fourth-order valence-electron chi connectivity index (χ4n) is 1.97. The van der Waals surface area contributed by atoms with Gasteiger partial charge in [0.25, 0.3) is 5.69 Å². The molecule has 0 spiro atoms. The molecule has 0 heterocycles. The zero-order chi connectivity index (χ0) is 17.0. The van der Waals surface area contributed by atoms with Crippen LogP contribution < -0.4 is 10.6 Å². The zero-order valence-electron chi connectivity index (χ0n) is 12.6. The summed E-state index contributed by atoms with van der Waals surface area (Å²) in [5.74, 6) is -0.0208. The SMILES string of the molecule is CC(=O)c1ccc(NC(=S)Nc2ccc(C)cc2[N+](=O)[O-])cc1. The Morgan fingerprint density at radius 2 is 1.78 bits per heavy atom. The van der Waals surface area contributed by atoms with Gasteiger partial charge in [0.05, 0.1) is 4.92 Å². The molecule has 0 unspecified atom stereocenters. The number of carbonyl (C=O) groups is 1. The highest BCUT2D eigenvalue weighted by molar-refractivity contribution is 7.80. The van der Waals surface area contributed by atoms with Crippen LogP contribution in [0.3, 0.4) is 0 Å². The van der Waals surface area contributed by atoms with E-state index >= 15 is 0 Å². The van der Waals surface area contributed by atoms with E-state index in [1.54, 1.807) is 43.3 Å². The Labute approximate surface area is 138 Å². The average molecular weight is 329 g/mol. The second-order valence-corrected chi connectivity index (χ2v) is 5.40. The maximum Gasteiger partial charge on any atom is 0.292 e. The van der Waals surface area contributed by atoms with Gasteiger partial charge in [-0.1, -0.05) is 6.07 Å². The van der Waals surface area contributed by atoms with Crippen LogP contribution in [0, 0.1) is 17.0 Å².